The Morgan fingerprint density at radius 2 is 0.368 bits per heavy atom. The van der Waals surface area contributed by atoms with Gasteiger partial charge in [0.2, 0.25) is 0 Å². The van der Waals surface area contributed by atoms with E-state index < -0.39 is 5.97 Å². The highest BCUT2D eigenvalue weighted by Gasteiger charge is 2.16. The molecule has 3 nitrogen and oxygen atoms in total. The fourth-order valence-electron chi connectivity index (χ4n) is 10.7. The minimum absolute atomic E-state index is 0.268. The van der Waals surface area contributed by atoms with E-state index in [0.29, 0.717) is 5.56 Å². The SMILES string of the molecule is Nc1cc2ccc1-c1ccc(cc1)-c1ccc(cc1)-c1ccc(cc1)-c1ccc(cc1)-c1ccc(cc1)-c1ccc(cc1C(=O)O)-c1ccc(cc1)-c1ccc(cc1)-c1ccc(cc1)-c1ccc(cc1)-c1ccc-2cc1. The molecule has 24 bridgehead atoms. The van der Waals surface area contributed by atoms with E-state index in [4.69, 9.17) is 5.73 Å². The Bertz CT molecular complexity index is 4070. The summed E-state index contributed by atoms with van der Waals surface area (Å²) in [6, 6.07) is 98.2. The maximum atomic E-state index is 12.7. The third kappa shape index (κ3) is 8.97. The molecule has 0 saturated heterocycles. The van der Waals surface area contributed by atoms with Gasteiger partial charge >= 0.3 is 5.97 Å². The Morgan fingerprint density at radius 1 is 0.211 bits per heavy atom. The van der Waals surface area contributed by atoms with Crippen LogP contribution in [0.15, 0.2) is 279 Å². The van der Waals surface area contributed by atoms with Crippen molar-refractivity contribution in [2.24, 2.45) is 0 Å². The number of hydrogen-bond acceptors (Lipinski definition) is 2. The van der Waals surface area contributed by atoms with Crippen molar-refractivity contribution in [1.82, 2.24) is 0 Å². The molecule has 0 spiro atoms. The van der Waals surface area contributed by atoms with Crippen LogP contribution in [-0.2, 0) is 0 Å². The molecule has 0 atom stereocenters. The van der Waals surface area contributed by atoms with E-state index in [1.165, 1.54) is 5.56 Å². The Labute approximate surface area is 443 Å². The molecule has 12 aromatic rings. The minimum atomic E-state index is -0.958. The topological polar surface area (TPSA) is 63.3 Å². The van der Waals surface area contributed by atoms with E-state index in [1.807, 2.05) is 24.3 Å². The molecule has 0 radical (unpaired) electrons. The van der Waals surface area contributed by atoms with Gasteiger partial charge in [-0.15, -0.1) is 0 Å². The van der Waals surface area contributed by atoms with E-state index in [0.717, 1.165) is 128 Å². The van der Waals surface area contributed by atoms with Crippen LogP contribution in [0.3, 0.4) is 0 Å². The molecule has 12 aromatic carbocycles. The summed E-state index contributed by atoms with van der Waals surface area (Å²) in [4.78, 5) is 12.7. The van der Waals surface area contributed by atoms with Crippen molar-refractivity contribution in [2.45, 2.75) is 0 Å². The summed E-state index contributed by atoms with van der Waals surface area (Å²) in [6.07, 6.45) is 0. The van der Waals surface area contributed by atoms with Crippen LogP contribution in [0.5, 0.6) is 0 Å². The molecule has 3 N–H and O–H groups in total. The second kappa shape index (κ2) is 19.4. The second-order valence-corrected chi connectivity index (χ2v) is 19.6. The van der Waals surface area contributed by atoms with Crippen molar-refractivity contribution in [2.75, 3.05) is 5.73 Å². The fraction of sp³-hybridized carbons (Fsp3) is 0. The Kier molecular flexibility index (Phi) is 11.7. The highest BCUT2D eigenvalue weighted by molar-refractivity contribution is 5.98. The van der Waals surface area contributed by atoms with Crippen molar-refractivity contribution < 1.29 is 9.90 Å². The molecular weight excluding hydrogens is 923 g/mol. The first kappa shape index (κ1) is 45.7. The number of carboxylic acid groups (broad SMARTS) is 1. The van der Waals surface area contributed by atoms with Crippen molar-refractivity contribution in [3.05, 3.63) is 285 Å². The number of carboxylic acids is 1. The van der Waals surface area contributed by atoms with Gasteiger partial charge in [0.05, 0.1) is 5.56 Å². The van der Waals surface area contributed by atoms with Crippen molar-refractivity contribution in [3.8, 4) is 134 Å². The zero-order valence-corrected chi connectivity index (χ0v) is 41.5. The second-order valence-electron chi connectivity index (χ2n) is 19.6. The van der Waals surface area contributed by atoms with Crippen LogP contribution < -0.4 is 5.73 Å². The molecule has 0 amide bonds. The Balaban J connectivity index is 0.798. The Morgan fingerprint density at radius 3 is 0.579 bits per heavy atom. The van der Waals surface area contributed by atoms with Crippen LogP contribution in [0.4, 0.5) is 5.69 Å². The van der Waals surface area contributed by atoms with Gasteiger partial charge in [-0.1, -0.05) is 267 Å². The van der Waals surface area contributed by atoms with Gasteiger partial charge in [0.1, 0.15) is 0 Å². The summed E-state index contributed by atoms with van der Waals surface area (Å²) in [7, 11) is 0. The maximum Gasteiger partial charge on any atom is 0.336 e. The number of anilines is 1. The number of carbonyl (C=O) groups is 1. The maximum absolute atomic E-state index is 12.7. The van der Waals surface area contributed by atoms with Gasteiger partial charge in [0.15, 0.2) is 0 Å². The zero-order chi connectivity index (χ0) is 51.1. The minimum Gasteiger partial charge on any atom is -0.478 e. The number of benzene rings is 12. The van der Waals surface area contributed by atoms with Gasteiger partial charge in [-0.25, -0.2) is 4.79 Å². The normalized spacial score (nSPS) is 11.3. The molecule has 76 heavy (non-hydrogen) atoms. The highest BCUT2D eigenvalue weighted by atomic mass is 16.4. The molecule has 0 fully saturated rings. The molecular formula is C73H49NO2. The fourth-order valence-corrected chi connectivity index (χ4v) is 10.7. The third-order valence-corrected chi connectivity index (χ3v) is 15.1. The molecule has 0 unspecified atom stereocenters. The number of aromatic carboxylic acids is 1. The van der Waals surface area contributed by atoms with Crippen LogP contribution in [0, 0.1) is 0 Å². The lowest BCUT2D eigenvalue weighted by molar-refractivity contribution is 0.0697. The average Bonchev–Trinajstić information content (AvgIpc) is 3.51. The summed E-state index contributed by atoms with van der Waals surface area (Å²) in [6.45, 7) is 0. The van der Waals surface area contributed by atoms with Gasteiger partial charge in [0, 0.05) is 11.3 Å². The lowest BCUT2D eigenvalue weighted by Crippen LogP contribution is -2.00. The molecule has 0 aliphatic heterocycles. The van der Waals surface area contributed by atoms with Crippen molar-refractivity contribution in [3.63, 3.8) is 0 Å². The smallest absolute Gasteiger partial charge is 0.336 e. The van der Waals surface area contributed by atoms with E-state index in [-0.39, 0.29) is 5.56 Å². The van der Waals surface area contributed by atoms with Crippen molar-refractivity contribution in [1.29, 1.82) is 0 Å². The molecule has 3 heteroatoms. The predicted octanol–water partition coefficient (Wildman–Crippen LogP) is 19.3. The largest absolute Gasteiger partial charge is 0.478 e. The summed E-state index contributed by atoms with van der Waals surface area (Å²) in [5.74, 6) is -0.958. The van der Waals surface area contributed by atoms with Crippen LogP contribution in [0.2, 0.25) is 0 Å². The first-order valence-electron chi connectivity index (χ1n) is 25.7. The van der Waals surface area contributed by atoms with Gasteiger partial charge in [0.25, 0.3) is 0 Å². The van der Waals surface area contributed by atoms with Crippen molar-refractivity contribution >= 4 is 11.7 Å². The molecule has 0 heterocycles. The van der Waals surface area contributed by atoms with E-state index in [1.54, 1.807) is 6.07 Å². The van der Waals surface area contributed by atoms with Gasteiger partial charge < -0.3 is 10.8 Å². The quantitative estimate of drug-likeness (QED) is 0.161. The molecule has 358 valence electrons. The molecule has 34 aliphatic carbocycles. The van der Waals surface area contributed by atoms with Crippen LogP contribution in [0.25, 0.3) is 134 Å². The number of rotatable bonds is 1. The van der Waals surface area contributed by atoms with Gasteiger partial charge in [-0.3, -0.25) is 0 Å². The lowest BCUT2D eigenvalue weighted by Gasteiger charge is -2.12. The number of hydrogen-bond donors (Lipinski definition) is 2. The van der Waals surface area contributed by atoms with Crippen LogP contribution in [0.1, 0.15) is 10.4 Å². The Hall–Kier alpha value is -10.1. The standard InChI is InChI=1S/C73H49NO2/c74-72-46-68-42-44-70(72)66-39-35-62(36-40-66)58-23-19-54(20-24-58)50-7-5-49(6-8-50)53-17-21-57(22-18-53)61-33-37-65(38-34-61)69-43-41-67(45-71(69)73(75)76)63-29-25-59(26-30-63)55-13-9-51(10-14-55)47-1-3-48(4-2-47)52-11-15-56(16-12-52)60-27-31-64(68)32-28-60/h1-46H,74H2,(H,75,76). The first-order chi connectivity index (χ1) is 37.3. The van der Waals surface area contributed by atoms with E-state index in [2.05, 4.69) is 249 Å². The lowest BCUT2D eigenvalue weighted by atomic mass is 9.92. The summed E-state index contributed by atoms with van der Waals surface area (Å²) in [5.41, 5.74) is 33.6. The monoisotopic (exact) mass is 971 g/mol. The molecule has 0 saturated carbocycles. The molecule has 0 aromatic heterocycles. The molecule has 46 rings (SSSR count). The number of nitrogen functional groups attached to an aromatic ring is 1. The third-order valence-electron chi connectivity index (χ3n) is 15.1. The number of nitrogens with two attached hydrogens (primary N) is 1. The van der Waals surface area contributed by atoms with E-state index in [9.17, 15) is 9.90 Å². The summed E-state index contributed by atoms with van der Waals surface area (Å²) in [5, 5.41) is 10.4. The average molecular weight is 972 g/mol. The van der Waals surface area contributed by atoms with E-state index >= 15 is 0 Å². The summed E-state index contributed by atoms with van der Waals surface area (Å²) >= 11 is 0. The molecule has 34 aliphatic rings. The predicted molar refractivity (Wildman–Crippen MR) is 317 cm³/mol. The highest BCUT2D eigenvalue weighted by Crippen LogP contribution is 2.37. The van der Waals surface area contributed by atoms with Gasteiger partial charge in [-0.2, -0.15) is 0 Å². The summed E-state index contributed by atoms with van der Waals surface area (Å²) < 4.78 is 0. The van der Waals surface area contributed by atoms with Gasteiger partial charge in [-0.05, 0) is 140 Å². The first-order valence-corrected chi connectivity index (χ1v) is 25.7. The van der Waals surface area contributed by atoms with Crippen LogP contribution in [-0.4, -0.2) is 11.1 Å². The van der Waals surface area contributed by atoms with Crippen LogP contribution >= 0.6 is 0 Å². The zero-order valence-electron chi connectivity index (χ0n) is 41.5.